The van der Waals surface area contributed by atoms with E-state index < -0.39 is 0 Å². The normalized spacial score (nSPS) is 40.5. The Morgan fingerprint density at radius 3 is 2.24 bits per heavy atom. The molecule has 0 unspecified atom stereocenters. The van der Waals surface area contributed by atoms with E-state index >= 15 is 0 Å². The zero-order chi connectivity index (χ0) is 25.1. The molecule has 3 aliphatic heterocycles. The van der Waals surface area contributed by atoms with Gasteiger partial charge >= 0.3 is 0 Å². The van der Waals surface area contributed by atoms with Crippen molar-refractivity contribution in [1.29, 1.82) is 0 Å². The first-order valence-electron chi connectivity index (χ1n) is 15.6. The number of carbonyl (C=O) groups is 1. The van der Waals surface area contributed by atoms with E-state index in [4.69, 9.17) is 4.98 Å². The summed E-state index contributed by atoms with van der Waals surface area (Å²) < 4.78 is 2.63. The van der Waals surface area contributed by atoms with Gasteiger partial charge in [0.25, 0.3) is 0 Å². The first-order valence-corrected chi connectivity index (χ1v) is 15.6. The maximum absolute atomic E-state index is 11.9. The summed E-state index contributed by atoms with van der Waals surface area (Å²) in [5.74, 6) is 4.85. The molecule has 1 aromatic carbocycles. The van der Waals surface area contributed by atoms with Crippen LogP contribution in [0.2, 0.25) is 0 Å². The van der Waals surface area contributed by atoms with E-state index in [2.05, 4.69) is 52.9 Å². The summed E-state index contributed by atoms with van der Waals surface area (Å²) in [4.78, 5) is 20.2. The Balaban J connectivity index is 1.21. The highest BCUT2D eigenvalue weighted by Crippen LogP contribution is 2.50. The van der Waals surface area contributed by atoms with Crippen LogP contribution in [0.15, 0.2) is 24.3 Å². The van der Waals surface area contributed by atoms with Gasteiger partial charge in [-0.25, -0.2) is 4.98 Å². The second-order valence-corrected chi connectivity index (χ2v) is 13.7. The minimum Gasteiger partial charge on any atom is -0.353 e. The fourth-order valence-corrected chi connectivity index (χ4v) is 9.66. The molecular formula is C32H46N4O. The third kappa shape index (κ3) is 4.43. The third-order valence-electron chi connectivity index (χ3n) is 11.2. The van der Waals surface area contributed by atoms with Crippen molar-refractivity contribution < 1.29 is 4.79 Å². The lowest BCUT2D eigenvalue weighted by atomic mass is 9.68. The van der Waals surface area contributed by atoms with Gasteiger partial charge in [0.1, 0.15) is 5.82 Å². The predicted octanol–water partition coefficient (Wildman–Crippen LogP) is 6.27. The van der Waals surface area contributed by atoms with Crippen LogP contribution in [0.5, 0.6) is 0 Å². The Morgan fingerprint density at radius 2 is 1.57 bits per heavy atom. The molecule has 1 amide bonds. The zero-order valence-corrected chi connectivity index (χ0v) is 22.9. The maximum Gasteiger partial charge on any atom is 0.220 e. The number of aromatic nitrogens is 2. The van der Waals surface area contributed by atoms with Crippen LogP contribution in [0.1, 0.15) is 103 Å². The number of amides is 1. The van der Waals surface area contributed by atoms with E-state index in [1.807, 2.05) is 0 Å². The van der Waals surface area contributed by atoms with Crippen LogP contribution in [-0.4, -0.2) is 44.5 Å². The predicted molar refractivity (Wildman–Crippen MR) is 148 cm³/mol. The van der Waals surface area contributed by atoms with E-state index in [1.165, 1.54) is 75.5 Å². The minimum atomic E-state index is 0.200. The Morgan fingerprint density at radius 1 is 0.865 bits per heavy atom. The molecular weight excluding hydrogens is 456 g/mol. The number of para-hydroxylation sites is 2. The van der Waals surface area contributed by atoms with Gasteiger partial charge in [0, 0.05) is 43.1 Å². The molecule has 9 atom stereocenters. The van der Waals surface area contributed by atoms with E-state index in [1.54, 1.807) is 0 Å². The fourth-order valence-electron chi connectivity index (χ4n) is 9.66. The van der Waals surface area contributed by atoms with Crippen LogP contribution in [0.4, 0.5) is 0 Å². The van der Waals surface area contributed by atoms with Crippen LogP contribution in [0.25, 0.3) is 11.0 Å². The molecule has 200 valence electrons. The number of nitrogens with one attached hydrogen (secondary N) is 1. The fraction of sp³-hybridized carbons (Fsp3) is 0.750. The monoisotopic (exact) mass is 502 g/mol. The summed E-state index contributed by atoms with van der Waals surface area (Å²) in [5, 5.41) is 3.20. The number of hydrogen-bond donors (Lipinski definition) is 1. The summed E-state index contributed by atoms with van der Waals surface area (Å²) in [6, 6.07) is 11.6. The molecule has 5 nitrogen and oxygen atoms in total. The molecule has 4 bridgehead atoms. The lowest BCUT2D eigenvalue weighted by molar-refractivity contribution is -0.119. The summed E-state index contributed by atoms with van der Waals surface area (Å²) in [5.41, 5.74) is 2.41. The number of benzene rings is 1. The quantitative estimate of drug-likeness (QED) is 0.536. The van der Waals surface area contributed by atoms with Gasteiger partial charge in [0.15, 0.2) is 0 Å². The molecule has 3 saturated heterocycles. The van der Waals surface area contributed by atoms with Crippen LogP contribution < -0.4 is 5.32 Å². The van der Waals surface area contributed by atoms with Crippen LogP contribution in [-0.2, 0) is 11.2 Å². The molecule has 7 rings (SSSR count). The number of nitrogens with zero attached hydrogens (tertiary/aromatic N) is 3. The SMILES string of the molecule is C[C@@H]1C[C@H](C)[C@H]2C[C@@H](n3c(C[C@@H]4CCC(=O)N4)nc4ccccc43)C[C@@H]1N2[C@@H]1C[C@@H]2CCCC[C@@H](C2)C1. The van der Waals surface area contributed by atoms with Crippen molar-refractivity contribution in [2.45, 2.75) is 128 Å². The van der Waals surface area contributed by atoms with Crippen molar-refractivity contribution in [2.24, 2.45) is 23.7 Å². The number of hydrogen-bond acceptors (Lipinski definition) is 3. The molecule has 0 radical (unpaired) electrons. The summed E-state index contributed by atoms with van der Waals surface area (Å²) in [7, 11) is 0. The van der Waals surface area contributed by atoms with Gasteiger partial charge in [-0.05, 0) is 80.8 Å². The highest BCUT2D eigenvalue weighted by molar-refractivity contribution is 5.79. The topological polar surface area (TPSA) is 50.2 Å². The standard InChI is InChI=1S/C32H46N4O/c1-20-13-21(2)30-19-26(18-29(20)35(30)25-15-22-7-3-4-8-23(14-22)16-25)36-28-10-6-5-9-27(28)34-31(36)17-24-11-12-32(37)33-24/h5-6,9-10,20-26,29-30H,3-4,7-8,11-19H2,1-2H3,(H,33,37)/t20-,21+,22-,23+,24-,25-,26+,29+,30-/m0/s1. The lowest BCUT2D eigenvalue weighted by Gasteiger charge is -2.58. The Hall–Kier alpha value is -1.88. The Bertz CT molecular complexity index is 1110. The van der Waals surface area contributed by atoms with Crippen molar-refractivity contribution in [2.75, 3.05) is 0 Å². The molecule has 5 fully saturated rings. The molecule has 0 spiro atoms. The van der Waals surface area contributed by atoms with E-state index in [9.17, 15) is 4.79 Å². The van der Waals surface area contributed by atoms with Crippen molar-refractivity contribution in [3.63, 3.8) is 0 Å². The molecule has 5 aliphatic rings. The van der Waals surface area contributed by atoms with Crippen molar-refractivity contribution in [1.82, 2.24) is 19.8 Å². The van der Waals surface area contributed by atoms with Crippen LogP contribution >= 0.6 is 0 Å². The van der Waals surface area contributed by atoms with Gasteiger partial charge in [-0.15, -0.1) is 0 Å². The highest BCUT2D eigenvalue weighted by Gasteiger charge is 2.49. The van der Waals surface area contributed by atoms with Crippen molar-refractivity contribution in [3.8, 4) is 0 Å². The second kappa shape index (κ2) is 9.70. The molecule has 2 aromatic rings. The Labute approximate surface area is 222 Å². The maximum atomic E-state index is 11.9. The van der Waals surface area contributed by atoms with Gasteiger partial charge in [-0.3, -0.25) is 9.69 Å². The minimum absolute atomic E-state index is 0.200. The van der Waals surface area contributed by atoms with Gasteiger partial charge < -0.3 is 9.88 Å². The largest absolute Gasteiger partial charge is 0.353 e. The lowest BCUT2D eigenvalue weighted by Crippen LogP contribution is -2.62. The van der Waals surface area contributed by atoms with Gasteiger partial charge in [-0.2, -0.15) is 0 Å². The Kier molecular flexibility index (Phi) is 6.34. The highest BCUT2D eigenvalue weighted by atomic mass is 16.1. The first kappa shape index (κ1) is 24.2. The van der Waals surface area contributed by atoms with Gasteiger partial charge in [-0.1, -0.05) is 51.7 Å². The van der Waals surface area contributed by atoms with Crippen molar-refractivity contribution in [3.05, 3.63) is 30.1 Å². The van der Waals surface area contributed by atoms with Gasteiger partial charge in [0.2, 0.25) is 5.91 Å². The summed E-state index contributed by atoms with van der Waals surface area (Å²) >= 11 is 0. The molecule has 37 heavy (non-hydrogen) atoms. The number of carbonyl (C=O) groups excluding carboxylic acids is 1. The molecule has 2 saturated carbocycles. The second-order valence-electron chi connectivity index (χ2n) is 13.7. The summed E-state index contributed by atoms with van der Waals surface area (Å²) in [6.07, 6.45) is 16.6. The van der Waals surface area contributed by atoms with Crippen molar-refractivity contribution >= 4 is 16.9 Å². The molecule has 4 heterocycles. The zero-order valence-electron chi connectivity index (χ0n) is 22.9. The first-order chi connectivity index (χ1) is 18.0. The number of fused-ring (bicyclic) bond motifs is 5. The number of imidazole rings is 1. The van der Waals surface area contributed by atoms with Gasteiger partial charge in [0.05, 0.1) is 11.0 Å². The number of piperidine rings is 2. The van der Waals surface area contributed by atoms with Crippen LogP contribution in [0, 0.1) is 23.7 Å². The van der Waals surface area contributed by atoms with E-state index in [-0.39, 0.29) is 11.9 Å². The smallest absolute Gasteiger partial charge is 0.220 e. The number of rotatable bonds is 4. The summed E-state index contributed by atoms with van der Waals surface area (Å²) in [6.45, 7) is 5.09. The molecule has 2 aliphatic carbocycles. The molecule has 1 aromatic heterocycles. The molecule has 5 heteroatoms. The van der Waals surface area contributed by atoms with Crippen LogP contribution in [0.3, 0.4) is 0 Å². The third-order valence-corrected chi connectivity index (χ3v) is 11.2. The van der Waals surface area contributed by atoms with E-state index in [0.29, 0.717) is 24.5 Å². The molecule has 1 N–H and O–H groups in total. The average Bonchev–Trinajstić information content (AvgIpc) is 3.42. The van der Waals surface area contributed by atoms with E-state index in [0.717, 1.165) is 48.1 Å². The average molecular weight is 503 g/mol.